The highest BCUT2D eigenvalue weighted by Crippen LogP contribution is 2.26. The van der Waals surface area contributed by atoms with Crippen LogP contribution in [-0.2, 0) is 17.8 Å². The summed E-state index contributed by atoms with van der Waals surface area (Å²) in [6, 6.07) is 4.38. The molecule has 1 saturated carbocycles. The van der Waals surface area contributed by atoms with Gasteiger partial charge in [-0.2, -0.15) is 0 Å². The maximum absolute atomic E-state index is 12.6. The molecule has 0 atom stereocenters. The Kier molecular flexibility index (Phi) is 8.80. The van der Waals surface area contributed by atoms with Crippen LogP contribution < -0.4 is 10.6 Å². The maximum Gasteiger partial charge on any atom is 0.225 e. The molecule has 1 aliphatic carbocycles. The number of thiophene rings is 1. The largest absolute Gasteiger partial charge is 0.357 e. The minimum atomic E-state index is 0.304. The molecule has 0 bridgehead atoms. The van der Waals surface area contributed by atoms with E-state index < -0.39 is 0 Å². The van der Waals surface area contributed by atoms with Crippen LogP contribution in [0, 0.1) is 5.92 Å². The Morgan fingerprint density at radius 2 is 1.83 bits per heavy atom. The van der Waals surface area contributed by atoms with Crippen molar-refractivity contribution in [3.8, 4) is 0 Å². The van der Waals surface area contributed by atoms with Gasteiger partial charge >= 0.3 is 0 Å². The van der Waals surface area contributed by atoms with Gasteiger partial charge in [0.2, 0.25) is 5.91 Å². The fraction of sp³-hybridized carbons (Fsp3) is 0.727. The van der Waals surface area contributed by atoms with Gasteiger partial charge < -0.3 is 15.5 Å². The molecule has 2 heterocycles. The van der Waals surface area contributed by atoms with Crippen LogP contribution in [-0.4, -0.2) is 67.5 Å². The van der Waals surface area contributed by atoms with Gasteiger partial charge in [0, 0.05) is 61.5 Å². The van der Waals surface area contributed by atoms with Crippen molar-refractivity contribution in [1.82, 2.24) is 20.4 Å². The van der Waals surface area contributed by atoms with Gasteiger partial charge in [-0.15, -0.1) is 11.3 Å². The van der Waals surface area contributed by atoms with Crippen LogP contribution in [0.1, 0.15) is 49.3 Å². The maximum atomic E-state index is 12.6. The Morgan fingerprint density at radius 1 is 1.10 bits per heavy atom. The monoisotopic (exact) mass is 419 g/mol. The summed E-state index contributed by atoms with van der Waals surface area (Å²) in [6.45, 7) is 11.4. The van der Waals surface area contributed by atoms with Crippen LogP contribution in [0.3, 0.4) is 0 Å². The number of guanidine groups is 1. The molecular formula is C22H37N5OS. The van der Waals surface area contributed by atoms with Crippen LogP contribution in [0.15, 0.2) is 17.1 Å². The number of piperazine rings is 1. The molecule has 2 N–H and O–H groups in total. The average molecular weight is 420 g/mol. The molecule has 0 unspecified atom stereocenters. The van der Waals surface area contributed by atoms with E-state index in [1.165, 1.54) is 22.6 Å². The van der Waals surface area contributed by atoms with E-state index in [0.717, 1.165) is 77.6 Å². The van der Waals surface area contributed by atoms with E-state index >= 15 is 0 Å². The first-order valence-electron chi connectivity index (χ1n) is 11.3. The fourth-order valence-corrected chi connectivity index (χ4v) is 5.03. The number of nitrogens with zero attached hydrogens (tertiary/aromatic N) is 3. The van der Waals surface area contributed by atoms with Crippen LogP contribution in [0.4, 0.5) is 0 Å². The number of hydrogen-bond acceptors (Lipinski definition) is 4. The average Bonchev–Trinajstić information content (AvgIpc) is 3.44. The summed E-state index contributed by atoms with van der Waals surface area (Å²) in [6.07, 6.45) is 5.74. The molecule has 2 aliphatic rings. The molecule has 3 rings (SSSR count). The van der Waals surface area contributed by atoms with Crippen molar-refractivity contribution in [3.63, 3.8) is 0 Å². The molecule has 7 heteroatoms. The van der Waals surface area contributed by atoms with Crippen LogP contribution in [0.25, 0.3) is 0 Å². The molecule has 1 amide bonds. The van der Waals surface area contributed by atoms with E-state index in [1.54, 1.807) is 0 Å². The summed E-state index contributed by atoms with van der Waals surface area (Å²) < 4.78 is 0. The molecule has 1 saturated heterocycles. The molecule has 162 valence electrons. The standard InChI is InChI=1S/C22H37N5OS/c1-3-19-9-10-20(29-19)17-25-22(23-4-2)24-11-12-26-13-15-27(16-14-26)21(28)18-7-5-6-8-18/h9-10,18H,3-8,11-17H2,1-2H3,(H2,23,24,25). The number of amides is 1. The van der Waals surface area contributed by atoms with Crippen molar-refractivity contribution >= 4 is 23.2 Å². The lowest BCUT2D eigenvalue weighted by molar-refractivity contribution is -0.137. The Bertz CT molecular complexity index is 660. The van der Waals surface area contributed by atoms with Crippen LogP contribution in [0.5, 0.6) is 0 Å². The zero-order valence-corrected chi connectivity index (χ0v) is 18.9. The Labute approximate surface area is 179 Å². The highest BCUT2D eigenvalue weighted by molar-refractivity contribution is 7.11. The first kappa shape index (κ1) is 22.1. The minimum absolute atomic E-state index is 0.304. The van der Waals surface area contributed by atoms with E-state index in [0.29, 0.717) is 11.8 Å². The van der Waals surface area contributed by atoms with Crippen LogP contribution in [0.2, 0.25) is 0 Å². The topological polar surface area (TPSA) is 60.0 Å². The second-order valence-electron chi connectivity index (χ2n) is 7.99. The number of aryl methyl sites for hydroxylation is 1. The molecule has 29 heavy (non-hydrogen) atoms. The van der Waals surface area contributed by atoms with Crippen molar-refractivity contribution in [3.05, 3.63) is 21.9 Å². The molecular weight excluding hydrogens is 382 g/mol. The zero-order valence-electron chi connectivity index (χ0n) is 18.1. The van der Waals surface area contributed by atoms with Crippen molar-refractivity contribution in [2.45, 2.75) is 52.5 Å². The number of carbonyl (C=O) groups is 1. The second kappa shape index (κ2) is 11.6. The second-order valence-corrected chi connectivity index (χ2v) is 9.24. The molecule has 0 radical (unpaired) electrons. The number of carbonyl (C=O) groups excluding carboxylic acids is 1. The van der Waals surface area contributed by atoms with Gasteiger partial charge in [-0.3, -0.25) is 9.69 Å². The summed E-state index contributed by atoms with van der Waals surface area (Å²) in [5, 5.41) is 6.80. The quantitative estimate of drug-likeness (QED) is 0.502. The third-order valence-corrected chi connectivity index (χ3v) is 7.13. The van der Waals surface area contributed by atoms with Gasteiger partial charge in [-0.1, -0.05) is 19.8 Å². The summed E-state index contributed by atoms with van der Waals surface area (Å²) in [7, 11) is 0. The molecule has 1 aliphatic heterocycles. The predicted octanol–water partition coefficient (Wildman–Crippen LogP) is 2.70. The van der Waals surface area contributed by atoms with E-state index in [2.05, 4.69) is 46.4 Å². The third-order valence-electron chi connectivity index (χ3n) is 5.91. The van der Waals surface area contributed by atoms with E-state index in [-0.39, 0.29) is 0 Å². The van der Waals surface area contributed by atoms with Gasteiger partial charge in [0.05, 0.1) is 6.54 Å². The molecule has 6 nitrogen and oxygen atoms in total. The first-order chi connectivity index (χ1) is 14.2. The summed E-state index contributed by atoms with van der Waals surface area (Å²) >= 11 is 1.85. The molecule has 0 spiro atoms. The Balaban J connectivity index is 1.37. The summed E-state index contributed by atoms with van der Waals surface area (Å²) in [5.41, 5.74) is 0. The summed E-state index contributed by atoms with van der Waals surface area (Å²) in [4.78, 5) is 24.6. The van der Waals surface area contributed by atoms with Crippen molar-refractivity contribution in [2.24, 2.45) is 10.9 Å². The number of hydrogen-bond donors (Lipinski definition) is 2. The lowest BCUT2D eigenvalue weighted by Gasteiger charge is -2.36. The highest BCUT2D eigenvalue weighted by Gasteiger charge is 2.29. The number of nitrogens with one attached hydrogen (secondary N) is 2. The first-order valence-corrected chi connectivity index (χ1v) is 12.1. The third kappa shape index (κ3) is 6.71. The molecule has 1 aromatic rings. The lowest BCUT2D eigenvalue weighted by atomic mass is 10.1. The molecule has 2 fully saturated rings. The highest BCUT2D eigenvalue weighted by atomic mass is 32.1. The van der Waals surface area contributed by atoms with E-state index in [1.807, 2.05) is 11.3 Å². The minimum Gasteiger partial charge on any atom is -0.357 e. The van der Waals surface area contributed by atoms with Gasteiger partial charge in [0.15, 0.2) is 5.96 Å². The van der Waals surface area contributed by atoms with Gasteiger partial charge in [-0.25, -0.2) is 4.99 Å². The molecule has 0 aromatic carbocycles. The lowest BCUT2D eigenvalue weighted by Crippen LogP contribution is -2.51. The Morgan fingerprint density at radius 3 is 2.48 bits per heavy atom. The van der Waals surface area contributed by atoms with Crippen molar-refractivity contribution < 1.29 is 4.79 Å². The Hall–Kier alpha value is -1.60. The molecule has 1 aromatic heterocycles. The van der Waals surface area contributed by atoms with Crippen molar-refractivity contribution in [2.75, 3.05) is 45.8 Å². The summed E-state index contributed by atoms with van der Waals surface area (Å²) in [5.74, 6) is 1.59. The van der Waals surface area contributed by atoms with Gasteiger partial charge in [0.1, 0.15) is 0 Å². The SMILES string of the molecule is CCNC(=NCc1ccc(CC)s1)NCCN1CCN(C(=O)C2CCCC2)CC1. The number of aliphatic imine (C=N–C) groups is 1. The fourth-order valence-electron chi connectivity index (χ4n) is 4.15. The van der Waals surface area contributed by atoms with Gasteiger partial charge in [-0.05, 0) is 38.3 Å². The smallest absolute Gasteiger partial charge is 0.225 e. The normalized spacial score (nSPS) is 19.0. The van der Waals surface area contributed by atoms with E-state index in [4.69, 9.17) is 4.99 Å². The number of rotatable bonds is 8. The zero-order chi connectivity index (χ0) is 20.5. The van der Waals surface area contributed by atoms with Crippen molar-refractivity contribution in [1.29, 1.82) is 0 Å². The predicted molar refractivity (Wildman–Crippen MR) is 121 cm³/mol. The van der Waals surface area contributed by atoms with Crippen LogP contribution >= 0.6 is 11.3 Å². The van der Waals surface area contributed by atoms with Gasteiger partial charge in [0.25, 0.3) is 0 Å². The van der Waals surface area contributed by atoms with E-state index in [9.17, 15) is 4.79 Å².